The SMILES string of the molecule is Cc1ccc(-c2cc(C(=O)N3CCCC3)c3ccccc3n2)cc1. The third-order valence-corrected chi connectivity index (χ3v) is 4.69. The molecule has 1 amide bonds. The summed E-state index contributed by atoms with van der Waals surface area (Å²) >= 11 is 0. The van der Waals surface area contributed by atoms with Gasteiger partial charge in [-0.05, 0) is 31.9 Å². The van der Waals surface area contributed by atoms with Crippen molar-refractivity contribution in [2.24, 2.45) is 0 Å². The van der Waals surface area contributed by atoms with Crippen molar-refractivity contribution in [3.63, 3.8) is 0 Å². The second-order valence-corrected chi connectivity index (χ2v) is 6.44. The highest BCUT2D eigenvalue weighted by atomic mass is 16.2. The first kappa shape index (κ1) is 14.9. The first-order chi connectivity index (χ1) is 11.7. The van der Waals surface area contributed by atoms with Crippen LogP contribution in [-0.4, -0.2) is 28.9 Å². The van der Waals surface area contributed by atoms with Crippen LogP contribution >= 0.6 is 0 Å². The van der Waals surface area contributed by atoms with Crippen LogP contribution in [0.15, 0.2) is 54.6 Å². The molecule has 0 unspecified atom stereocenters. The van der Waals surface area contributed by atoms with Gasteiger partial charge in [0.25, 0.3) is 5.91 Å². The van der Waals surface area contributed by atoms with E-state index in [0.717, 1.165) is 53.7 Å². The summed E-state index contributed by atoms with van der Waals surface area (Å²) in [7, 11) is 0. The van der Waals surface area contributed by atoms with E-state index in [4.69, 9.17) is 4.98 Å². The van der Waals surface area contributed by atoms with Gasteiger partial charge in [-0.2, -0.15) is 0 Å². The van der Waals surface area contributed by atoms with Gasteiger partial charge in [-0.1, -0.05) is 48.0 Å². The first-order valence-corrected chi connectivity index (χ1v) is 8.48. The Bertz CT molecular complexity index is 893. The Morgan fingerprint density at radius 1 is 1.00 bits per heavy atom. The average molecular weight is 316 g/mol. The zero-order chi connectivity index (χ0) is 16.5. The Morgan fingerprint density at radius 2 is 1.71 bits per heavy atom. The number of carbonyl (C=O) groups is 1. The van der Waals surface area contributed by atoms with Gasteiger partial charge in [0, 0.05) is 24.0 Å². The van der Waals surface area contributed by atoms with Crippen LogP contribution < -0.4 is 0 Å². The van der Waals surface area contributed by atoms with Crippen LogP contribution in [0.3, 0.4) is 0 Å². The quantitative estimate of drug-likeness (QED) is 0.700. The normalized spacial score (nSPS) is 14.3. The topological polar surface area (TPSA) is 33.2 Å². The largest absolute Gasteiger partial charge is 0.339 e. The number of hydrogen-bond donors (Lipinski definition) is 0. The number of carbonyl (C=O) groups excluding carboxylic acids is 1. The lowest BCUT2D eigenvalue weighted by Crippen LogP contribution is -2.27. The van der Waals surface area contributed by atoms with Crippen LogP contribution in [0, 0.1) is 6.92 Å². The summed E-state index contributed by atoms with van der Waals surface area (Å²) < 4.78 is 0. The molecule has 3 aromatic rings. The molecular formula is C21H20N2O. The molecule has 1 aromatic heterocycles. The molecule has 3 nitrogen and oxygen atoms in total. The van der Waals surface area contributed by atoms with Crippen molar-refractivity contribution in [2.75, 3.05) is 13.1 Å². The van der Waals surface area contributed by atoms with E-state index in [1.807, 2.05) is 35.2 Å². The van der Waals surface area contributed by atoms with Gasteiger partial charge in [0.2, 0.25) is 0 Å². The fourth-order valence-corrected chi connectivity index (χ4v) is 3.32. The van der Waals surface area contributed by atoms with E-state index in [0.29, 0.717) is 0 Å². The monoisotopic (exact) mass is 316 g/mol. The predicted molar refractivity (Wildman–Crippen MR) is 97.1 cm³/mol. The van der Waals surface area contributed by atoms with E-state index < -0.39 is 0 Å². The van der Waals surface area contributed by atoms with Gasteiger partial charge in [-0.15, -0.1) is 0 Å². The van der Waals surface area contributed by atoms with Crippen LogP contribution in [0.4, 0.5) is 0 Å². The summed E-state index contributed by atoms with van der Waals surface area (Å²) in [4.78, 5) is 19.7. The Hall–Kier alpha value is -2.68. The minimum atomic E-state index is 0.125. The smallest absolute Gasteiger partial charge is 0.254 e. The third kappa shape index (κ3) is 2.67. The van der Waals surface area contributed by atoms with Crippen molar-refractivity contribution in [1.29, 1.82) is 0 Å². The van der Waals surface area contributed by atoms with Gasteiger partial charge in [0.05, 0.1) is 16.8 Å². The molecule has 2 heterocycles. The molecule has 0 spiro atoms. The highest BCUT2D eigenvalue weighted by Gasteiger charge is 2.22. The molecule has 24 heavy (non-hydrogen) atoms. The number of aromatic nitrogens is 1. The minimum absolute atomic E-state index is 0.125. The van der Waals surface area contributed by atoms with Crippen LogP contribution in [0.2, 0.25) is 0 Å². The fraction of sp³-hybridized carbons (Fsp3) is 0.238. The number of amides is 1. The van der Waals surface area contributed by atoms with Crippen molar-refractivity contribution < 1.29 is 4.79 Å². The summed E-state index contributed by atoms with van der Waals surface area (Å²) in [5, 5.41) is 0.935. The standard InChI is InChI=1S/C21H20N2O/c1-15-8-10-16(11-9-15)20-14-18(21(24)23-12-4-5-13-23)17-6-2-3-7-19(17)22-20/h2-3,6-11,14H,4-5,12-13H2,1H3. The fourth-order valence-electron chi connectivity index (χ4n) is 3.32. The molecular weight excluding hydrogens is 296 g/mol. The number of para-hydroxylation sites is 1. The number of benzene rings is 2. The molecule has 1 aliphatic heterocycles. The molecule has 120 valence electrons. The van der Waals surface area contributed by atoms with E-state index in [-0.39, 0.29) is 5.91 Å². The van der Waals surface area contributed by atoms with E-state index >= 15 is 0 Å². The summed E-state index contributed by atoms with van der Waals surface area (Å²) in [6.45, 7) is 3.78. The summed E-state index contributed by atoms with van der Waals surface area (Å²) in [5.74, 6) is 0.125. The summed E-state index contributed by atoms with van der Waals surface area (Å²) in [6.07, 6.45) is 2.19. The summed E-state index contributed by atoms with van der Waals surface area (Å²) in [6, 6.07) is 18.1. The molecule has 3 heteroatoms. The van der Waals surface area contributed by atoms with Gasteiger partial charge in [0.1, 0.15) is 0 Å². The van der Waals surface area contributed by atoms with E-state index in [1.165, 1.54) is 5.56 Å². The molecule has 0 N–H and O–H groups in total. The molecule has 2 aromatic carbocycles. The molecule has 0 bridgehead atoms. The lowest BCUT2D eigenvalue weighted by atomic mass is 10.0. The van der Waals surface area contributed by atoms with Gasteiger partial charge >= 0.3 is 0 Å². The number of aryl methyl sites for hydroxylation is 1. The van der Waals surface area contributed by atoms with Crippen molar-refractivity contribution in [1.82, 2.24) is 9.88 Å². The van der Waals surface area contributed by atoms with Crippen molar-refractivity contribution in [2.45, 2.75) is 19.8 Å². The third-order valence-electron chi connectivity index (χ3n) is 4.69. The highest BCUT2D eigenvalue weighted by Crippen LogP contribution is 2.27. The van der Waals surface area contributed by atoms with Gasteiger partial charge < -0.3 is 4.90 Å². The molecule has 1 fully saturated rings. The maximum Gasteiger partial charge on any atom is 0.254 e. The molecule has 0 atom stereocenters. The van der Waals surface area contributed by atoms with Crippen molar-refractivity contribution in [3.05, 3.63) is 65.7 Å². The van der Waals surface area contributed by atoms with Crippen LogP contribution in [-0.2, 0) is 0 Å². The minimum Gasteiger partial charge on any atom is -0.339 e. The van der Waals surface area contributed by atoms with Crippen LogP contribution in [0.5, 0.6) is 0 Å². The number of hydrogen-bond acceptors (Lipinski definition) is 2. The Kier molecular flexibility index (Phi) is 3.77. The zero-order valence-corrected chi connectivity index (χ0v) is 13.8. The number of nitrogens with zero attached hydrogens (tertiary/aromatic N) is 2. The Morgan fingerprint density at radius 3 is 2.46 bits per heavy atom. The van der Waals surface area contributed by atoms with E-state index in [2.05, 4.69) is 31.2 Å². The molecule has 1 saturated heterocycles. The lowest BCUT2D eigenvalue weighted by Gasteiger charge is -2.17. The van der Waals surface area contributed by atoms with Crippen LogP contribution in [0.25, 0.3) is 22.2 Å². The van der Waals surface area contributed by atoms with Crippen LogP contribution in [0.1, 0.15) is 28.8 Å². The average Bonchev–Trinajstić information content (AvgIpc) is 3.15. The Labute approximate surface area is 141 Å². The Balaban J connectivity index is 1.87. The molecule has 0 aliphatic carbocycles. The van der Waals surface area contributed by atoms with E-state index in [1.54, 1.807) is 0 Å². The lowest BCUT2D eigenvalue weighted by molar-refractivity contribution is 0.0794. The highest BCUT2D eigenvalue weighted by molar-refractivity contribution is 6.07. The second kappa shape index (κ2) is 6.08. The van der Waals surface area contributed by atoms with E-state index in [9.17, 15) is 4.79 Å². The number of rotatable bonds is 2. The van der Waals surface area contributed by atoms with Gasteiger partial charge in [-0.3, -0.25) is 4.79 Å². The van der Waals surface area contributed by atoms with Crippen molar-refractivity contribution in [3.8, 4) is 11.3 Å². The number of pyridine rings is 1. The molecule has 4 rings (SSSR count). The van der Waals surface area contributed by atoms with Gasteiger partial charge in [-0.25, -0.2) is 4.98 Å². The predicted octanol–water partition coefficient (Wildman–Crippen LogP) is 4.45. The number of likely N-dealkylation sites (tertiary alicyclic amines) is 1. The first-order valence-electron chi connectivity index (χ1n) is 8.48. The van der Waals surface area contributed by atoms with Gasteiger partial charge in [0.15, 0.2) is 0 Å². The zero-order valence-electron chi connectivity index (χ0n) is 13.8. The molecule has 0 saturated carbocycles. The van der Waals surface area contributed by atoms with Crippen molar-refractivity contribution >= 4 is 16.8 Å². The number of fused-ring (bicyclic) bond motifs is 1. The maximum atomic E-state index is 13.0. The second-order valence-electron chi connectivity index (χ2n) is 6.44. The molecule has 1 aliphatic rings. The maximum absolute atomic E-state index is 13.0. The molecule has 0 radical (unpaired) electrons. The summed E-state index contributed by atoms with van der Waals surface area (Å²) in [5.41, 5.74) is 4.75.